The van der Waals surface area contributed by atoms with Crippen LogP contribution >= 0.6 is 11.6 Å². The highest BCUT2D eigenvalue weighted by Gasteiger charge is 2.29. The number of aromatic amines is 1. The Bertz CT molecular complexity index is 518. The zero-order valence-corrected chi connectivity index (χ0v) is 10.5. The number of rotatable bonds is 2. The molecule has 1 atom stereocenters. The Hall–Kier alpha value is -1.76. The van der Waals surface area contributed by atoms with E-state index in [1.807, 2.05) is 4.90 Å². The van der Waals surface area contributed by atoms with Crippen molar-refractivity contribution < 1.29 is 9.90 Å². The number of amides is 1. The van der Waals surface area contributed by atoms with Gasteiger partial charge in [-0.05, 0) is 6.42 Å². The first-order chi connectivity index (χ1) is 8.50. The minimum Gasteiger partial charge on any atom is -0.465 e. The maximum absolute atomic E-state index is 11.3. The minimum atomic E-state index is -0.961. The van der Waals surface area contributed by atoms with Crippen molar-refractivity contribution in [1.82, 2.24) is 15.1 Å². The fourth-order valence-corrected chi connectivity index (χ4v) is 2.24. The third-order valence-electron chi connectivity index (χ3n) is 3.13. The van der Waals surface area contributed by atoms with Gasteiger partial charge in [-0.15, -0.1) is 0 Å². The van der Waals surface area contributed by atoms with E-state index in [0.717, 1.165) is 0 Å². The lowest BCUT2D eigenvalue weighted by atomic mass is 10.2. The van der Waals surface area contributed by atoms with Crippen LogP contribution in [-0.4, -0.2) is 52.5 Å². The van der Waals surface area contributed by atoms with E-state index in [2.05, 4.69) is 10.2 Å². The third-order valence-corrected chi connectivity index (χ3v) is 3.50. The van der Waals surface area contributed by atoms with E-state index >= 15 is 0 Å². The lowest BCUT2D eigenvalue weighted by molar-refractivity contribution is 0.142. The molecular formula is C10H13ClN4O3. The molecule has 1 saturated heterocycles. The molecule has 18 heavy (non-hydrogen) atoms. The van der Waals surface area contributed by atoms with Gasteiger partial charge in [-0.3, -0.25) is 4.79 Å². The molecule has 0 bridgehead atoms. The maximum atomic E-state index is 11.3. The van der Waals surface area contributed by atoms with Crippen molar-refractivity contribution >= 4 is 23.4 Å². The topological polar surface area (TPSA) is 89.5 Å². The van der Waals surface area contributed by atoms with Crippen LogP contribution in [0.4, 0.5) is 10.5 Å². The highest BCUT2D eigenvalue weighted by atomic mass is 35.5. The van der Waals surface area contributed by atoms with Crippen LogP contribution in [0.2, 0.25) is 5.02 Å². The lowest BCUT2D eigenvalue weighted by Gasteiger charge is -2.23. The van der Waals surface area contributed by atoms with Gasteiger partial charge in [0.2, 0.25) is 0 Å². The van der Waals surface area contributed by atoms with Gasteiger partial charge in [0.05, 0.1) is 17.9 Å². The predicted molar refractivity (Wildman–Crippen MR) is 66.3 cm³/mol. The third kappa shape index (κ3) is 2.26. The van der Waals surface area contributed by atoms with E-state index in [-0.39, 0.29) is 11.1 Å². The van der Waals surface area contributed by atoms with Crippen LogP contribution in [0.5, 0.6) is 0 Å². The summed E-state index contributed by atoms with van der Waals surface area (Å²) < 4.78 is 0. The second-order valence-electron chi connectivity index (χ2n) is 4.18. The lowest BCUT2D eigenvalue weighted by Crippen LogP contribution is -2.38. The minimum absolute atomic E-state index is 0.0867. The number of likely N-dealkylation sites (N-methyl/N-ethyl adjacent to an activating group) is 1. The van der Waals surface area contributed by atoms with E-state index in [9.17, 15) is 9.59 Å². The molecule has 0 aromatic carbocycles. The van der Waals surface area contributed by atoms with E-state index in [1.54, 1.807) is 0 Å². The molecule has 98 valence electrons. The molecule has 1 aliphatic heterocycles. The first-order valence-corrected chi connectivity index (χ1v) is 5.82. The van der Waals surface area contributed by atoms with Crippen LogP contribution in [0.25, 0.3) is 0 Å². The largest absolute Gasteiger partial charge is 0.465 e. The highest BCUT2D eigenvalue weighted by molar-refractivity contribution is 6.33. The summed E-state index contributed by atoms with van der Waals surface area (Å²) in [6.07, 6.45) is 1.22. The SMILES string of the molecule is CN(C(=O)O)C1CCN(c2cn[nH]c(=O)c2Cl)C1. The van der Waals surface area contributed by atoms with Crippen molar-refractivity contribution in [2.24, 2.45) is 0 Å². The normalized spacial score (nSPS) is 19.0. The molecule has 8 heteroatoms. The number of hydrogen-bond donors (Lipinski definition) is 2. The van der Waals surface area contributed by atoms with Gasteiger partial charge >= 0.3 is 6.09 Å². The van der Waals surface area contributed by atoms with Gasteiger partial charge in [0.25, 0.3) is 5.56 Å². The first-order valence-electron chi connectivity index (χ1n) is 5.44. The molecule has 0 saturated carbocycles. The zero-order valence-electron chi connectivity index (χ0n) is 9.76. The van der Waals surface area contributed by atoms with E-state index in [0.29, 0.717) is 25.2 Å². The molecule has 2 rings (SSSR count). The van der Waals surface area contributed by atoms with Crippen LogP contribution < -0.4 is 10.5 Å². The summed E-state index contributed by atoms with van der Waals surface area (Å²) in [7, 11) is 1.54. The number of hydrogen-bond acceptors (Lipinski definition) is 4. The summed E-state index contributed by atoms with van der Waals surface area (Å²) in [5.41, 5.74) is 0.103. The number of H-pyrrole nitrogens is 1. The smallest absolute Gasteiger partial charge is 0.407 e. The Morgan fingerprint density at radius 3 is 3.11 bits per heavy atom. The van der Waals surface area contributed by atoms with Gasteiger partial charge < -0.3 is 14.9 Å². The van der Waals surface area contributed by atoms with Gasteiger partial charge in [0, 0.05) is 20.1 Å². The molecule has 2 N–H and O–H groups in total. The van der Waals surface area contributed by atoms with Crippen LogP contribution in [-0.2, 0) is 0 Å². The Balaban J connectivity index is 2.16. The number of nitrogens with zero attached hydrogens (tertiary/aromatic N) is 3. The van der Waals surface area contributed by atoms with Gasteiger partial charge in [-0.2, -0.15) is 5.10 Å². The number of aromatic nitrogens is 2. The van der Waals surface area contributed by atoms with Crippen molar-refractivity contribution in [2.45, 2.75) is 12.5 Å². The standard InChI is InChI=1S/C10H13ClN4O3/c1-14(10(17)18)6-2-3-15(5-6)7-4-12-13-9(16)8(7)11/h4,6H,2-3,5H2,1H3,(H,13,16)(H,17,18). The average molecular weight is 273 g/mol. The van der Waals surface area contributed by atoms with Crippen LogP contribution in [0.15, 0.2) is 11.0 Å². The molecule has 1 fully saturated rings. The molecular weight excluding hydrogens is 260 g/mol. The molecule has 0 spiro atoms. The number of halogens is 1. The molecule has 7 nitrogen and oxygen atoms in total. The van der Waals surface area contributed by atoms with Crippen molar-refractivity contribution in [2.75, 3.05) is 25.0 Å². The fourth-order valence-electron chi connectivity index (χ4n) is 2.03. The molecule has 2 heterocycles. The van der Waals surface area contributed by atoms with Crippen molar-refractivity contribution in [3.63, 3.8) is 0 Å². The van der Waals surface area contributed by atoms with Crippen molar-refractivity contribution in [3.8, 4) is 0 Å². The number of carbonyl (C=O) groups is 1. The molecule has 1 aromatic rings. The number of nitrogens with one attached hydrogen (secondary N) is 1. The van der Waals surface area contributed by atoms with Gasteiger partial charge in [0.1, 0.15) is 5.02 Å². The van der Waals surface area contributed by atoms with Gasteiger partial charge in [-0.25, -0.2) is 9.89 Å². The summed E-state index contributed by atoms with van der Waals surface area (Å²) in [6, 6.07) is -0.0992. The summed E-state index contributed by atoms with van der Waals surface area (Å²) in [5.74, 6) is 0. The Morgan fingerprint density at radius 1 is 1.72 bits per heavy atom. The quantitative estimate of drug-likeness (QED) is 0.823. The van der Waals surface area contributed by atoms with Gasteiger partial charge in [-0.1, -0.05) is 11.6 Å². The highest BCUT2D eigenvalue weighted by Crippen LogP contribution is 2.26. The fraction of sp³-hybridized carbons (Fsp3) is 0.500. The van der Waals surface area contributed by atoms with Crippen LogP contribution in [0.3, 0.4) is 0 Å². The zero-order chi connectivity index (χ0) is 13.3. The molecule has 1 amide bonds. The number of anilines is 1. The maximum Gasteiger partial charge on any atom is 0.407 e. The predicted octanol–water partition coefficient (Wildman–Crippen LogP) is 0.612. The summed E-state index contributed by atoms with van der Waals surface area (Å²) in [5, 5.41) is 14.9. The molecule has 1 aliphatic rings. The summed E-state index contributed by atoms with van der Waals surface area (Å²) in [6.45, 7) is 1.15. The molecule has 0 aliphatic carbocycles. The monoisotopic (exact) mass is 272 g/mol. The summed E-state index contributed by atoms with van der Waals surface area (Å²) in [4.78, 5) is 25.3. The Morgan fingerprint density at radius 2 is 2.44 bits per heavy atom. The second-order valence-corrected chi connectivity index (χ2v) is 4.56. The Labute approximate surface area is 108 Å². The van der Waals surface area contributed by atoms with Crippen molar-refractivity contribution in [3.05, 3.63) is 21.6 Å². The van der Waals surface area contributed by atoms with Gasteiger partial charge in [0.15, 0.2) is 0 Å². The number of carboxylic acid groups (broad SMARTS) is 1. The van der Waals surface area contributed by atoms with Crippen LogP contribution in [0, 0.1) is 0 Å². The van der Waals surface area contributed by atoms with Crippen LogP contribution in [0.1, 0.15) is 6.42 Å². The van der Waals surface area contributed by atoms with Crippen molar-refractivity contribution in [1.29, 1.82) is 0 Å². The molecule has 0 radical (unpaired) electrons. The van der Waals surface area contributed by atoms with E-state index in [4.69, 9.17) is 16.7 Å². The Kier molecular flexibility index (Phi) is 3.42. The van der Waals surface area contributed by atoms with E-state index < -0.39 is 11.7 Å². The van der Waals surface area contributed by atoms with E-state index in [1.165, 1.54) is 18.1 Å². The molecule has 1 unspecified atom stereocenters. The molecule has 1 aromatic heterocycles. The average Bonchev–Trinajstić information content (AvgIpc) is 2.80. The summed E-state index contributed by atoms with van der Waals surface area (Å²) >= 11 is 5.91. The first kappa shape index (κ1) is 12.7. The second kappa shape index (κ2) is 4.85.